The molecule has 2 nitrogen and oxygen atoms in total. The van der Waals surface area contributed by atoms with Gasteiger partial charge >= 0.3 is 0 Å². The Morgan fingerprint density at radius 2 is 2.20 bits per heavy atom. The van der Waals surface area contributed by atoms with Crippen LogP contribution in [-0.4, -0.2) is 19.5 Å². The summed E-state index contributed by atoms with van der Waals surface area (Å²) in [6.45, 7) is 1.69. The fourth-order valence-corrected chi connectivity index (χ4v) is 1.79. The number of halogens is 1. The van der Waals surface area contributed by atoms with Gasteiger partial charge < -0.3 is 9.47 Å². The van der Waals surface area contributed by atoms with Crippen LogP contribution in [0.1, 0.15) is 44.9 Å². The van der Waals surface area contributed by atoms with Crippen LogP contribution in [-0.2, 0) is 9.47 Å². The Hall–Kier alpha value is -0.0500. The Bertz CT molecular complexity index is 165. The van der Waals surface area contributed by atoms with E-state index in [-0.39, 0.29) is 6.29 Å². The van der Waals surface area contributed by atoms with Crippen molar-refractivity contribution in [1.29, 1.82) is 0 Å². The Kier molecular flexibility index (Phi) is 7.98. The molecule has 0 radical (unpaired) electrons. The topological polar surface area (TPSA) is 18.5 Å². The first-order chi connectivity index (χ1) is 7.43. The van der Waals surface area contributed by atoms with Crippen LogP contribution in [0.15, 0.2) is 11.6 Å². The highest BCUT2D eigenvalue weighted by atomic mass is 35.5. The fourth-order valence-electron chi connectivity index (χ4n) is 1.66. The van der Waals surface area contributed by atoms with Crippen molar-refractivity contribution < 1.29 is 9.47 Å². The summed E-state index contributed by atoms with van der Waals surface area (Å²) in [6, 6.07) is 0. The van der Waals surface area contributed by atoms with Gasteiger partial charge in [0.15, 0.2) is 6.29 Å². The predicted octanol–water partition coefficient (Wildman–Crippen LogP) is 3.84. The summed E-state index contributed by atoms with van der Waals surface area (Å²) in [7, 11) is 0. The highest BCUT2D eigenvalue weighted by Gasteiger charge is 2.12. The molecule has 88 valence electrons. The third-order valence-electron chi connectivity index (χ3n) is 2.55. The van der Waals surface area contributed by atoms with E-state index in [9.17, 15) is 0 Å². The highest BCUT2D eigenvalue weighted by molar-refractivity contribution is 6.25. The van der Waals surface area contributed by atoms with E-state index in [0.717, 1.165) is 32.5 Å². The van der Waals surface area contributed by atoms with E-state index >= 15 is 0 Å². The molecule has 3 heteroatoms. The molecule has 0 bridgehead atoms. The molecule has 1 aliphatic rings. The van der Waals surface area contributed by atoms with Gasteiger partial charge in [-0.1, -0.05) is 24.1 Å². The summed E-state index contributed by atoms with van der Waals surface area (Å²) < 4.78 is 11.1. The Balaban J connectivity index is 1.83. The highest BCUT2D eigenvalue weighted by Crippen LogP contribution is 2.14. The maximum absolute atomic E-state index is 5.62. The Morgan fingerprint density at radius 1 is 1.27 bits per heavy atom. The number of allylic oxidation sites excluding steroid dienone is 1. The number of rotatable bonds is 7. The van der Waals surface area contributed by atoms with Gasteiger partial charge in [-0.15, -0.1) is 0 Å². The van der Waals surface area contributed by atoms with Crippen LogP contribution in [0.2, 0.25) is 0 Å². The number of unbranched alkanes of at least 4 members (excludes halogenated alkanes) is 3. The molecule has 0 aromatic rings. The van der Waals surface area contributed by atoms with Crippen LogP contribution in [0, 0.1) is 0 Å². The van der Waals surface area contributed by atoms with Crippen LogP contribution < -0.4 is 0 Å². The molecule has 0 aliphatic carbocycles. The average molecular weight is 233 g/mol. The molecule has 1 unspecified atom stereocenters. The molecule has 1 fully saturated rings. The van der Waals surface area contributed by atoms with Gasteiger partial charge in [0.2, 0.25) is 0 Å². The quantitative estimate of drug-likeness (QED) is 0.621. The fraction of sp³-hybridized carbons (Fsp3) is 0.833. The molecular weight excluding hydrogens is 212 g/mol. The van der Waals surface area contributed by atoms with Gasteiger partial charge in [-0.2, -0.15) is 0 Å². The molecule has 0 N–H and O–H groups in total. The van der Waals surface area contributed by atoms with Crippen molar-refractivity contribution in [2.75, 3.05) is 13.2 Å². The van der Waals surface area contributed by atoms with Crippen molar-refractivity contribution in [2.24, 2.45) is 0 Å². The van der Waals surface area contributed by atoms with Gasteiger partial charge in [-0.3, -0.25) is 0 Å². The molecule has 1 saturated heterocycles. The maximum Gasteiger partial charge on any atom is 0.157 e. The molecule has 1 rings (SSSR count). The molecule has 1 heterocycles. The summed E-state index contributed by atoms with van der Waals surface area (Å²) in [5.41, 5.74) is 1.59. The Labute approximate surface area is 97.6 Å². The van der Waals surface area contributed by atoms with Crippen LogP contribution in [0.5, 0.6) is 0 Å². The van der Waals surface area contributed by atoms with E-state index < -0.39 is 0 Å². The van der Waals surface area contributed by atoms with Crippen LogP contribution >= 0.6 is 11.6 Å². The third kappa shape index (κ3) is 6.93. The normalized spacial score (nSPS) is 22.3. The molecule has 0 amide bonds. The van der Waals surface area contributed by atoms with Gasteiger partial charge in [0.05, 0.1) is 0 Å². The monoisotopic (exact) mass is 232 g/mol. The molecule has 0 aromatic heterocycles. The molecule has 0 spiro atoms. The SMILES string of the molecule is Cl/C=C\CCCCCOC1CCCCO1. The van der Waals surface area contributed by atoms with Crippen LogP contribution in [0.4, 0.5) is 0 Å². The second-order valence-corrected chi connectivity index (χ2v) is 4.13. The van der Waals surface area contributed by atoms with Crippen molar-refractivity contribution in [3.05, 3.63) is 11.6 Å². The van der Waals surface area contributed by atoms with Crippen molar-refractivity contribution in [2.45, 2.75) is 51.2 Å². The minimum absolute atomic E-state index is 0.0708. The molecule has 1 aliphatic heterocycles. The summed E-state index contributed by atoms with van der Waals surface area (Å²) in [6.07, 6.45) is 10.1. The van der Waals surface area contributed by atoms with E-state index in [1.807, 2.05) is 6.08 Å². The van der Waals surface area contributed by atoms with Crippen LogP contribution in [0.3, 0.4) is 0 Å². The number of hydrogen-bond acceptors (Lipinski definition) is 2. The summed E-state index contributed by atoms with van der Waals surface area (Å²) in [4.78, 5) is 0. The number of ether oxygens (including phenoxy) is 2. The van der Waals surface area contributed by atoms with Crippen molar-refractivity contribution in [1.82, 2.24) is 0 Å². The largest absolute Gasteiger partial charge is 0.353 e. The second kappa shape index (κ2) is 9.20. The first-order valence-corrected chi connectivity index (χ1v) is 6.35. The first-order valence-electron chi connectivity index (χ1n) is 5.92. The smallest absolute Gasteiger partial charge is 0.157 e. The average Bonchev–Trinajstić information content (AvgIpc) is 2.29. The van der Waals surface area contributed by atoms with Crippen molar-refractivity contribution >= 4 is 11.6 Å². The van der Waals surface area contributed by atoms with E-state index in [2.05, 4.69) is 0 Å². The van der Waals surface area contributed by atoms with Crippen molar-refractivity contribution in [3.63, 3.8) is 0 Å². The van der Waals surface area contributed by atoms with Gasteiger partial charge in [0.1, 0.15) is 0 Å². The van der Waals surface area contributed by atoms with E-state index in [0.29, 0.717) is 0 Å². The van der Waals surface area contributed by atoms with Crippen molar-refractivity contribution in [3.8, 4) is 0 Å². The molecule has 0 saturated carbocycles. The zero-order chi connectivity index (χ0) is 10.8. The summed E-state index contributed by atoms with van der Waals surface area (Å²) >= 11 is 5.42. The van der Waals surface area contributed by atoms with E-state index in [1.54, 1.807) is 5.54 Å². The second-order valence-electron chi connectivity index (χ2n) is 3.88. The molecule has 15 heavy (non-hydrogen) atoms. The lowest BCUT2D eigenvalue weighted by molar-refractivity contribution is -0.162. The molecule has 0 aromatic carbocycles. The minimum Gasteiger partial charge on any atom is -0.353 e. The summed E-state index contributed by atoms with van der Waals surface area (Å²) in [5, 5.41) is 0. The third-order valence-corrected chi connectivity index (χ3v) is 2.72. The maximum atomic E-state index is 5.62. The first kappa shape index (κ1) is 13.0. The van der Waals surface area contributed by atoms with Gasteiger partial charge in [-0.05, 0) is 38.5 Å². The molecular formula is C12H21ClO2. The zero-order valence-electron chi connectivity index (χ0n) is 9.29. The lowest BCUT2D eigenvalue weighted by Gasteiger charge is -2.22. The van der Waals surface area contributed by atoms with Gasteiger partial charge in [0.25, 0.3) is 0 Å². The van der Waals surface area contributed by atoms with E-state index in [1.165, 1.54) is 25.7 Å². The predicted molar refractivity (Wildman–Crippen MR) is 63.0 cm³/mol. The zero-order valence-corrected chi connectivity index (χ0v) is 10.0. The van der Waals surface area contributed by atoms with Crippen LogP contribution in [0.25, 0.3) is 0 Å². The van der Waals surface area contributed by atoms with E-state index in [4.69, 9.17) is 21.1 Å². The number of hydrogen-bond donors (Lipinski definition) is 0. The lowest BCUT2D eigenvalue weighted by atomic mass is 10.2. The minimum atomic E-state index is 0.0708. The van der Waals surface area contributed by atoms with Gasteiger partial charge in [-0.25, -0.2) is 0 Å². The standard InChI is InChI=1S/C12H21ClO2/c13-9-5-2-1-3-6-10-14-12-8-4-7-11-15-12/h5,9,12H,1-4,6-8,10-11H2/b9-5-. The van der Waals surface area contributed by atoms with Gasteiger partial charge in [0, 0.05) is 18.7 Å². The summed E-state index contributed by atoms with van der Waals surface area (Å²) in [5.74, 6) is 0. The molecule has 1 atom stereocenters. The lowest BCUT2D eigenvalue weighted by Crippen LogP contribution is -2.22. The Morgan fingerprint density at radius 3 is 2.93 bits per heavy atom.